The van der Waals surface area contributed by atoms with Gasteiger partial charge in [0.15, 0.2) is 11.5 Å². The molecule has 2 nitrogen and oxygen atoms in total. The van der Waals surface area contributed by atoms with Crippen molar-refractivity contribution in [2.45, 2.75) is 77.0 Å². The maximum Gasteiger partial charge on any atom is 0.204 e. The van der Waals surface area contributed by atoms with E-state index in [1.165, 1.54) is 50.7 Å². The number of halogens is 2. The Labute approximate surface area is 204 Å². The van der Waals surface area contributed by atoms with Gasteiger partial charge in [-0.1, -0.05) is 12.2 Å². The molecule has 0 heterocycles. The second-order valence-corrected chi connectivity index (χ2v) is 11.0. The molecule has 1 aromatic rings. The van der Waals surface area contributed by atoms with Crippen molar-refractivity contribution in [3.05, 3.63) is 49.1 Å². The maximum absolute atomic E-state index is 14.6. The molecule has 0 saturated heterocycles. The summed E-state index contributed by atoms with van der Waals surface area (Å²) >= 11 is 0. The van der Waals surface area contributed by atoms with Crippen LogP contribution in [0.3, 0.4) is 0 Å². The Balaban J connectivity index is 1.20. The van der Waals surface area contributed by atoms with Gasteiger partial charge < -0.3 is 9.47 Å². The van der Waals surface area contributed by atoms with Crippen LogP contribution < -0.4 is 9.47 Å². The van der Waals surface area contributed by atoms with Crippen molar-refractivity contribution in [1.82, 2.24) is 0 Å². The number of rotatable bonds is 9. The molecule has 3 fully saturated rings. The van der Waals surface area contributed by atoms with E-state index in [2.05, 4.69) is 19.2 Å². The summed E-state index contributed by atoms with van der Waals surface area (Å²) in [5.74, 6) is 1.90. The summed E-state index contributed by atoms with van der Waals surface area (Å²) in [6.45, 7) is 8.71. The van der Waals surface area contributed by atoms with E-state index in [0.717, 1.165) is 50.4 Å². The van der Waals surface area contributed by atoms with E-state index in [1.807, 2.05) is 6.08 Å². The van der Waals surface area contributed by atoms with Crippen LogP contribution in [-0.2, 0) is 0 Å². The van der Waals surface area contributed by atoms with E-state index < -0.39 is 11.6 Å². The van der Waals surface area contributed by atoms with Crippen LogP contribution >= 0.6 is 0 Å². The van der Waals surface area contributed by atoms with Gasteiger partial charge in [0, 0.05) is 0 Å². The Morgan fingerprint density at radius 3 is 1.38 bits per heavy atom. The second kappa shape index (κ2) is 12.2. The zero-order chi connectivity index (χ0) is 23.9. The van der Waals surface area contributed by atoms with E-state index in [0.29, 0.717) is 36.9 Å². The van der Waals surface area contributed by atoms with Crippen LogP contribution in [-0.4, -0.2) is 13.2 Å². The van der Waals surface area contributed by atoms with Crippen LogP contribution in [0, 0.1) is 47.1 Å². The summed E-state index contributed by atoms with van der Waals surface area (Å²) in [5, 5.41) is 0. The van der Waals surface area contributed by atoms with Crippen molar-refractivity contribution < 1.29 is 18.3 Å². The van der Waals surface area contributed by atoms with Crippen molar-refractivity contribution in [2.24, 2.45) is 35.5 Å². The zero-order valence-corrected chi connectivity index (χ0v) is 20.7. The fourth-order valence-corrected chi connectivity index (χ4v) is 6.42. The molecule has 3 aliphatic rings. The van der Waals surface area contributed by atoms with Gasteiger partial charge in [0.1, 0.15) is 0 Å². The average Bonchev–Trinajstić information content (AvgIpc) is 2.89. The van der Waals surface area contributed by atoms with E-state index in [-0.39, 0.29) is 11.5 Å². The fourth-order valence-electron chi connectivity index (χ4n) is 6.42. The van der Waals surface area contributed by atoms with Gasteiger partial charge in [0.05, 0.1) is 13.2 Å². The SMILES string of the molecule is C=CC1CCC(COc2ccc(OCC3CCC(C4CCC(C=C)CC4)CC3)c(F)c2F)CC1. The Morgan fingerprint density at radius 1 is 0.618 bits per heavy atom. The molecule has 0 unspecified atom stereocenters. The normalized spacial score (nSPS) is 32.1. The first-order valence-electron chi connectivity index (χ1n) is 13.6. The third kappa shape index (κ3) is 6.43. The number of benzene rings is 1. The molecule has 188 valence electrons. The molecule has 0 atom stereocenters. The largest absolute Gasteiger partial charge is 0.490 e. The van der Waals surface area contributed by atoms with Crippen molar-refractivity contribution in [2.75, 3.05) is 13.2 Å². The molecule has 34 heavy (non-hydrogen) atoms. The number of allylic oxidation sites excluding steroid dienone is 2. The molecule has 4 heteroatoms. The summed E-state index contributed by atoms with van der Waals surface area (Å²) in [5.41, 5.74) is 0. The molecule has 3 saturated carbocycles. The minimum Gasteiger partial charge on any atom is -0.490 e. The Morgan fingerprint density at radius 2 is 0.971 bits per heavy atom. The van der Waals surface area contributed by atoms with Crippen molar-refractivity contribution in [3.8, 4) is 11.5 Å². The molecule has 0 aromatic heterocycles. The lowest BCUT2D eigenvalue weighted by atomic mass is 9.69. The topological polar surface area (TPSA) is 18.5 Å². The standard InChI is InChI=1S/C30H42F2O2/c1-3-21-5-7-23(8-6-21)19-33-27-17-18-28(30(32)29(27)31)34-20-24-11-15-26(16-12-24)25-13-9-22(4-2)10-14-25/h3-4,17-18,21-26H,1-2,5-16,19-20H2. The summed E-state index contributed by atoms with van der Waals surface area (Å²) in [4.78, 5) is 0. The van der Waals surface area contributed by atoms with Crippen LogP contribution in [0.15, 0.2) is 37.4 Å². The highest BCUT2D eigenvalue weighted by Gasteiger charge is 2.30. The first kappa shape index (κ1) is 25.3. The first-order chi connectivity index (χ1) is 16.6. The average molecular weight is 473 g/mol. The van der Waals surface area contributed by atoms with Gasteiger partial charge in [-0.3, -0.25) is 0 Å². The molecule has 0 spiro atoms. The molecule has 4 rings (SSSR count). The van der Waals surface area contributed by atoms with Crippen LogP contribution in [0.2, 0.25) is 0 Å². The van der Waals surface area contributed by atoms with Gasteiger partial charge in [-0.2, -0.15) is 8.78 Å². The highest BCUT2D eigenvalue weighted by molar-refractivity contribution is 5.35. The molecule has 0 aliphatic heterocycles. The summed E-state index contributed by atoms with van der Waals surface area (Å²) < 4.78 is 40.7. The molecular weight excluding hydrogens is 430 g/mol. The molecular formula is C30H42F2O2. The summed E-state index contributed by atoms with van der Waals surface area (Å²) in [6.07, 6.45) is 18.4. The Kier molecular flexibility index (Phi) is 9.08. The predicted molar refractivity (Wildman–Crippen MR) is 134 cm³/mol. The number of ether oxygens (including phenoxy) is 2. The lowest BCUT2D eigenvalue weighted by Gasteiger charge is -2.37. The van der Waals surface area contributed by atoms with E-state index in [1.54, 1.807) is 0 Å². The van der Waals surface area contributed by atoms with Crippen LogP contribution in [0.5, 0.6) is 11.5 Å². The lowest BCUT2D eigenvalue weighted by molar-refractivity contribution is 0.127. The van der Waals surface area contributed by atoms with Gasteiger partial charge in [-0.05, 0) is 125 Å². The van der Waals surface area contributed by atoms with Crippen LogP contribution in [0.25, 0.3) is 0 Å². The van der Waals surface area contributed by atoms with E-state index in [4.69, 9.17) is 9.47 Å². The highest BCUT2D eigenvalue weighted by atomic mass is 19.2. The number of hydrogen-bond donors (Lipinski definition) is 0. The van der Waals surface area contributed by atoms with Crippen molar-refractivity contribution in [3.63, 3.8) is 0 Å². The second-order valence-electron chi connectivity index (χ2n) is 11.0. The molecule has 3 aliphatic carbocycles. The minimum absolute atomic E-state index is 0.00112. The van der Waals surface area contributed by atoms with Crippen LogP contribution in [0.4, 0.5) is 8.78 Å². The van der Waals surface area contributed by atoms with E-state index >= 15 is 0 Å². The summed E-state index contributed by atoms with van der Waals surface area (Å²) in [6, 6.07) is 3.03. The first-order valence-corrected chi connectivity index (χ1v) is 13.6. The maximum atomic E-state index is 14.6. The van der Waals surface area contributed by atoms with Crippen molar-refractivity contribution >= 4 is 0 Å². The van der Waals surface area contributed by atoms with Gasteiger partial charge >= 0.3 is 0 Å². The highest BCUT2D eigenvalue weighted by Crippen LogP contribution is 2.42. The Hall–Kier alpha value is -1.84. The molecule has 0 N–H and O–H groups in total. The minimum atomic E-state index is -0.934. The monoisotopic (exact) mass is 472 g/mol. The Bertz CT molecular complexity index is 798. The van der Waals surface area contributed by atoms with Gasteiger partial charge in [0.2, 0.25) is 11.6 Å². The smallest absolute Gasteiger partial charge is 0.204 e. The molecule has 1 aromatic carbocycles. The third-order valence-electron chi connectivity index (χ3n) is 8.89. The van der Waals surface area contributed by atoms with Crippen LogP contribution in [0.1, 0.15) is 77.0 Å². The fraction of sp³-hybridized carbons (Fsp3) is 0.667. The third-order valence-corrected chi connectivity index (χ3v) is 8.89. The quantitative estimate of drug-likeness (QED) is 0.335. The zero-order valence-electron chi connectivity index (χ0n) is 20.7. The molecule has 0 bridgehead atoms. The lowest BCUT2D eigenvalue weighted by Crippen LogP contribution is -2.27. The van der Waals surface area contributed by atoms with Gasteiger partial charge in [-0.25, -0.2) is 0 Å². The number of hydrogen-bond acceptors (Lipinski definition) is 2. The van der Waals surface area contributed by atoms with Gasteiger partial charge in [0.25, 0.3) is 0 Å². The molecule has 0 radical (unpaired) electrons. The predicted octanol–water partition coefficient (Wildman–Crippen LogP) is 8.51. The van der Waals surface area contributed by atoms with E-state index in [9.17, 15) is 8.78 Å². The molecule has 0 amide bonds. The van der Waals surface area contributed by atoms with Gasteiger partial charge in [-0.15, -0.1) is 13.2 Å². The van der Waals surface area contributed by atoms with Crippen molar-refractivity contribution in [1.29, 1.82) is 0 Å². The summed E-state index contributed by atoms with van der Waals surface area (Å²) in [7, 11) is 0.